The molecule has 2 aromatic carbocycles. The third-order valence-electron chi connectivity index (χ3n) is 6.48. The van der Waals surface area contributed by atoms with Crippen LogP contribution >= 0.6 is 0 Å². The van der Waals surface area contributed by atoms with Gasteiger partial charge in [-0.1, -0.05) is 36.4 Å². The molecular formula is C23H25N5O2. The average molecular weight is 403 g/mol. The lowest BCUT2D eigenvalue weighted by Gasteiger charge is -2.20. The molecule has 5 rings (SSSR count). The van der Waals surface area contributed by atoms with Crippen molar-refractivity contribution in [2.24, 2.45) is 5.41 Å². The van der Waals surface area contributed by atoms with Gasteiger partial charge in [0.2, 0.25) is 5.91 Å². The Hall–Kier alpha value is -3.08. The van der Waals surface area contributed by atoms with Crippen LogP contribution in [0, 0.1) is 16.9 Å². The second-order valence-electron chi connectivity index (χ2n) is 8.49. The highest BCUT2D eigenvalue weighted by Gasteiger charge is 2.56. The number of rotatable bonds is 5. The fourth-order valence-electron chi connectivity index (χ4n) is 4.59. The van der Waals surface area contributed by atoms with E-state index in [1.54, 1.807) is 4.90 Å². The Morgan fingerprint density at radius 2 is 1.90 bits per heavy atom. The zero-order chi connectivity index (χ0) is 20.6. The number of nitrogens with zero attached hydrogens (tertiary/aromatic N) is 2. The van der Waals surface area contributed by atoms with Gasteiger partial charge in [-0.15, -0.1) is 0 Å². The van der Waals surface area contributed by atoms with Crippen LogP contribution in [0.4, 0.5) is 0 Å². The Morgan fingerprint density at radius 1 is 1.13 bits per heavy atom. The van der Waals surface area contributed by atoms with Gasteiger partial charge in [0.05, 0.1) is 12.1 Å². The Kier molecular flexibility index (Phi) is 4.81. The van der Waals surface area contributed by atoms with E-state index in [0.29, 0.717) is 13.0 Å². The van der Waals surface area contributed by atoms with Crippen molar-refractivity contribution >= 4 is 5.91 Å². The van der Waals surface area contributed by atoms with Gasteiger partial charge in [-0.25, -0.2) is 10.9 Å². The van der Waals surface area contributed by atoms with E-state index >= 15 is 0 Å². The van der Waals surface area contributed by atoms with Crippen LogP contribution in [0.25, 0.3) is 0 Å². The quantitative estimate of drug-likeness (QED) is 0.665. The predicted molar refractivity (Wildman–Crippen MR) is 111 cm³/mol. The molecule has 3 fully saturated rings. The summed E-state index contributed by atoms with van der Waals surface area (Å²) >= 11 is 0. The first-order valence-corrected chi connectivity index (χ1v) is 10.4. The summed E-state index contributed by atoms with van der Waals surface area (Å²) in [5.41, 5.74) is 7.52. The van der Waals surface area contributed by atoms with Gasteiger partial charge in [0.25, 0.3) is 0 Å². The van der Waals surface area contributed by atoms with Crippen molar-refractivity contribution in [3.63, 3.8) is 0 Å². The molecule has 0 bridgehead atoms. The van der Waals surface area contributed by atoms with Crippen LogP contribution in [0.3, 0.4) is 0 Å². The van der Waals surface area contributed by atoms with Crippen molar-refractivity contribution in [2.45, 2.75) is 37.4 Å². The van der Waals surface area contributed by atoms with Crippen LogP contribution in [-0.4, -0.2) is 36.0 Å². The van der Waals surface area contributed by atoms with Crippen molar-refractivity contribution in [1.29, 1.82) is 5.26 Å². The number of benzene rings is 2. The summed E-state index contributed by atoms with van der Waals surface area (Å²) in [6.45, 7) is 1.37. The van der Waals surface area contributed by atoms with Gasteiger partial charge in [-0.3, -0.25) is 4.79 Å². The van der Waals surface area contributed by atoms with Gasteiger partial charge < -0.3 is 15.0 Å². The molecule has 3 N–H and O–H groups in total. The summed E-state index contributed by atoms with van der Waals surface area (Å²) in [7, 11) is 0. The van der Waals surface area contributed by atoms with Crippen LogP contribution in [0.1, 0.15) is 30.9 Å². The maximum Gasteiger partial charge on any atom is 0.238 e. The highest BCUT2D eigenvalue weighted by molar-refractivity contribution is 5.82. The highest BCUT2D eigenvalue weighted by Crippen LogP contribution is 2.52. The van der Waals surface area contributed by atoms with Gasteiger partial charge in [0, 0.05) is 24.1 Å². The lowest BCUT2D eigenvalue weighted by atomic mass is 9.98. The van der Waals surface area contributed by atoms with Crippen LogP contribution in [0.5, 0.6) is 11.5 Å². The second-order valence-corrected chi connectivity index (χ2v) is 8.49. The van der Waals surface area contributed by atoms with Crippen LogP contribution in [-0.2, 0) is 4.79 Å². The van der Waals surface area contributed by atoms with Gasteiger partial charge in [-0.05, 0) is 37.5 Å². The Balaban J connectivity index is 1.24. The SMILES string of the molecule is N#CN1C[C@H](NC(=O)C2CC(c3ccccc3Oc3ccccc3)NN2)C2(CC2)C1. The fraction of sp³-hybridized carbons (Fsp3) is 0.391. The molecule has 3 aliphatic rings. The zero-order valence-electron chi connectivity index (χ0n) is 16.7. The maximum atomic E-state index is 12.9. The van der Waals surface area contributed by atoms with E-state index in [4.69, 9.17) is 4.74 Å². The molecule has 3 atom stereocenters. The molecule has 1 aliphatic carbocycles. The first kappa shape index (κ1) is 18.9. The molecule has 0 aromatic heterocycles. The molecule has 154 valence electrons. The monoisotopic (exact) mass is 403 g/mol. The minimum Gasteiger partial charge on any atom is -0.457 e. The summed E-state index contributed by atoms with van der Waals surface area (Å²) in [6, 6.07) is 17.3. The normalized spacial score (nSPS) is 26.4. The number of carbonyl (C=O) groups excluding carboxylic acids is 1. The van der Waals surface area contributed by atoms with E-state index in [2.05, 4.69) is 22.4 Å². The van der Waals surface area contributed by atoms with E-state index in [1.165, 1.54) is 0 Å². The van der Waals surface area contributed by atoms with Crippen molar-refractivity contribution < 1.29 is 9.53 Å². The van der Waals surface area contributed by atoms with Gasteiger partial charge in [0.1, 0.15) is 17.5 Å². The highest BCUT2D eigenvalue weighted by atomic mass is 16.5. The summed E-state index contributed by atoms with van der Waals surface area (Å²) < 4.78 is 6.08. The molecule has 0 radical (unpaired) electrons. The number of amides is 1. The topological polar surface area (TPSA) is 89.4 Å². The van der Waals surface area contributed by atoms with E-state index in [9.17, 15) is 10.1 Å². The van der Waals surface area contributed by atoms with Crippen LogP contribution in [0.2, 0.25) is 0 Å². The molecule has 2 saturated heterocycles. The van der Waals surface area contributed by atoms with Crippen molar-refractivity contribution in [3.8, 4) is 17.7 Å². The summed E-state index contributed by atoms with van der Waals surface area (Å²) in [4.78, 5) is 14.7. The van der Waals surface area contributed by atoms with Gasteiger partial charge in [0.15, 0.2) is 6.19 Å². The first-order valence-electron chi connectivity index (χ1n) is 10.4. The number of carbonyl (C=O) groups is 1. The molecule has 7 nitrogen and oxygen atoms in total. The number of nitrogens with one attached hydrogen (secondary N) is 3. The molecule has 2 aromatic rings. The molecule has 2 heterocycles. The standard InChI is InChI=1S/C23H25N5O2/c24-15-28-13-21(23(14-28)10-11-23)25-22(29)19-12-18(26-27-19)17-8-4-5-9-20(17)30-16-6-2-1-3-7-16/h1-9,18-19,21,26-27H,10-14H2,(H,25,29)/t18?,19?,21-/m0/s1. The van der Waals surface area contributed by atoms with Gasteiger partial charge >= 0.3 is 0 Å². The lowest BCUT2D eigenvalue weighted by Crippen LogP contribution is -2.49. The summed E-state index contributed by atoms with van der Waals surface area (Å²) in [5.74, 6) is 1.55. The lowest BCUT2D eigenvalue weighted by molar-refractivity contribution is -0.123. The zero-order valence-corrected chi connectivity index (χ0v) is 16.7. The number of hydrogen-bond donors (Lipinski definition) is 3. The number of hydrogen-bond acceptors (Lipinski definition) is 6. The second kappa shape index (κ2) is 7.63. The van der Waals surface area contributed by atoms with Crippen LogP contribution < -0.4 is 20.9 Å². The molecule has 7 heteroatoms. The maximum absolute atomic E-state index is 12.9. The molecule has 1 amide bonds. The number of ether oxygens (including phenoxy) is 1. The molecule has 2 aliphatic heterocycles. The third-order valence-corrected chi connectivity index (χ3v) is 6.48. The molecular weight excluding hydrogens is 378 g/mol. The Labute approximate surface area is 176 Å². The first-order chi connectivity index (χ1) is 14.7. The number of hydrazine groups is 1. The minimum absolute atomic E-state index is 0.0116. The number of para-hydroxylation sites is 2. The van der Waals surface area contributed by atoms with Crippen molar-refractivity contribution in [3.05, 3.63) is 60.2 Å². The van der Waals surface area contributed by atoms with E-state index in [1.807, 2.05) is 54.6 Å². The van der Waals surface area contributed by atoms with Gasteiger partial charge in [-0.2, -0.15) is 5.26 Å². The predicted octanol–water partition coefficient (Wildman–Crippen LogP) is 2.45. The Morgan fingerprint density at radius 3 is 2.67 bits per heavy atom. The largest absolute Gasteiger partial charge is 0.457 e. The molecule has 1 saturated carbocycles. The van der Waals surface area contributed by atoms with E-state index in [-0.39, 0.29) is 29.4 Å². The van der Waals surface area contributed by atoms with E-state index in [0.717, 1.165) is 36.4 Å². The smallest absolute Gasteiger partial charge is 0.238 e. The Bertz CT molecular complexity index is 969. The summed E-state index contributed by atoms with van der Waals surface area (Å²) in [5, 5.41) is 12.4. The molecule has 1 spiro atoms. The average Bonchev–Trinajstić information content (AvgIpc) is 3.23. The summed E-state index contributed by atoms with van der Waals surface area (Å²) in [6.07, 6.45) is 5.02. The number of nitriles is 1. The van der Waals surface area contributed by atoms with Crippen molar-refractivity contribution in [2.75, 3.05) is 13.1 Å². The van der Waals surface area contributed by atoms with E-state index < -0.39 is 0 Å². The third kappa shape index (κ3) is 3.60. The minimum atomic E-state index is -0.327. The molecule has 2 unspecified atom stereocenters. The molecule has 30 heavy (non-hydrogen) atoms. The fourth-order valence-corrected chi connectivity index (χ4v) is 4.59. The number of likely N-dealkylation sites (tertiary alicyclic amines) is 1. The van der Waals surface area contributed by atoms with Crippen LogP contribution in [0.15, 0.2) is 54.6 Å². The van der Waals surface area contributed by atoms with Crippen molar-refractivity contribution in [1.82, 2.24) is 21.1 Å².